The Balaban J connectivity index is 3.68. The zero-order chi connectivity index (χ0) is 8.85. The van der Waals surface area contributed by atoms with Gasteiger partial charge in [0.1, 0.15) is 6.10 Å². The van der Waals surface area contributed by atoms with E-state index in [9.17, 15) is 5.11 Å². The minimum Gasteiger partial charge on any atom is -0.388 e. The maximum absolute atomic E-state index is 9.43. The van der Waals surface area contributed by atoms with Crippen LogP contribution in [0.3, 0.4) is 0 Å². The van der Waals surface area contributed by atoms with Crippen LogP contribution in [0.5, 0.6) is 0 Å². The lowest BCUT2D eigenvalue weighted by atomic mass is 10.1. The molecule has 0 aliphatic rings. The molecule has 0 radical (unpaired) electrons. The summed E-state index contributed by atoms with van der Waals surface area (Å²) < 4.78 is 9.78. The van der Waals surface area contributed by atoms with Crippen molar-refractivity contribution in [2.75, 3.05) is 14.2 Å². The first-order valence-corrected chi connectivity index (χ1v) is 3.85. The van der Waals surface area contributed by atoms with E-state index in [0.29, 0.717) is 12.3 Å². The Morgan fingerprint density at radius 2 is 1.64 bits per heavy atom. The number of hydrogen-bond donors (Lipinski definition) is 1. The van der Waals surface area contributed by atoms with Crippen LogP contribution in [-0.2, 0) is 9.47 Å². The molecular formula is C8H18O3. The minimum absolute atomic E-state index is 0.456. The highest BCUT2D eigenvalue weighted by molar-refractivity contribution is 4.61. The fourth-order valence-corrected chi connectivity index (χ4v) is 1.00. The normalized spacial score (nSPS) is 14.5. The quantitative estimate of drug-likeness (QED) is 0.613. The molecule has 11 heavy (non-hydrogen) atoms. The van der Waals surface area contributed by atoms with Gasteiger partial charge in [-0.1, -0.05) is 13.8 Å². The third-order valence-corrected chi connectivity index (χ3v) is 1.49. The van der Waals surface area contributed by atoms with Crippen LogP contribution in [-0.4, -0.2) is 31.7 Å². The highest BCUT2D eigenvalue weighted by Gasteiger charge is 2.18. The Morgan fingerprint density at radius 1 is 1.18 bits per heavy atom. The Hall–Kier alpha value is -0.120. The fraction of sp³-hybridized carbons (Fsp3) is 1.00. The SMILES string of the molecule is COC(OC)[C@H](O)CC(C)C. The highest BCUT2D eigenvalue weighted by atomic mass is 16.7. The third kappa shape index (κ3) is 4.35. The number of methoxy groups -OCH3 is 2. The van der Waals surface area contributed by atoms with Gasteiger partial charge < -0.3 is 14.6 Å². The molecule has 0 fully saturated rings. The average Bonchev–Trinajstić information content (AvgIpc) is 1.88. The van der Waals surface area contributed by atoms with Gasteiger partial charge in [0.05, 0.1) is 0 Å². The number of aliphatic hydroxyl groups excluding tert-OH is 1. The largest absolute Gasteiger partial charge is 0.388 e. The summed E-state index contributed by atoms with van der Waals surface area (Å²) in [6.07, 6.45) is -0.311. The monoisotopic (exact) mass is 162 g/mol. The van der Waals surface area contributed by atoms with Gasteiger partial charge in [0, 0.05) is 14.2 Å². The standard InChI is InChI=1S/C8H18O3/c1-6(2)5-7(9)8(10-3)11-4/h6-9H,5H2,1-4H3/t7-/m1/s1. The number of hydrogen-bond acceptors (Lipinski definition) is 3. The van der Waals surface area contributed by atoms with Crippen LogP contribution >= 0.6 is 0 Å². The second-order valence-corrected chi connectivity index (χ2v) is 3.04. The molecule has 3 heteroatoms. The lowest BCUT2D eigenvalue weighted by molar-refractivity contribution is -0.167. The predicted octanol–water partition coefficient (Wildman–Crippen LogP) is 1.01. The van der Waals surface area contributed by atoms with Crippen molar-refractivity contribution in [2.45, 2.75) is 32.7 Å². The van der Waals surface area contributed by atoms with Crippen LogP contribution in [0.4, 0.5) is 0 Å². The molecule has 1 atom stereocenters. The van der Waals surface area contributed by atoms with Crippen LogP contribution in [0.25, 0.3) is 0 Å². The summed E-state index contributed by atoms with van der Waals surface area (Å²) in [4.78, 5) is 0. The first-order chi connectivity index (χ1) is 5.11. The molecular weight excluding hydrogens is 144 g/mol. The average molecular weight is 162 g/mol. The van der Waals surface area contributed by atoms with E-state index in [1.807, 2.05) is 13.8 Å². The molecule has 68 valence electrons. The van der Waals surface area contributed by atoms with E-state index in [-0.39, 0.29) is 0 Å². The molecule has 0 rings (SSSR count). The van der Waals surface area contributed by atoms with Crippen molar-refractivity contribution in [3.8, 4) is 0 Å². The molecule has 0 aliphatic carbocycles. The summed E-state index contributed by atoms with van der Waals surface area (Å²) >= 11 is 0. The summed E-state index contributed by atoms with van der Waals surface area (Å²) in [5.41, 5.74) is 0. The molecule has 0 unspecified atom stereocenters. The molecule has 0 saturated heterocycles. The van der Waals surface area contributed by atoms with E-state index in [1.54, 1.807) is 0 Å². The Labute approximate surface area is 68.3 Å². The molecule has 0 aliphatic heterocycles. The molecule has 0 heterocycles. The van der Waals surface area contributed by atoms with Gasteiger partial charge in [0.2, 0.25) is 0 Å². The summed E-state index contributed by atoms with van der Waals surface area (Å²) in [5.74, 6) is 0.456. The van der Waals surface area contributed by atoms with Crippen LogP contribution in [0, 0.1) is 5.92 Å². The van der Waals surface area contributed by atoms with E-state index in [4.69, 9.17) is 9.47 Å². The number of rotatable bonds is 5. The predicted molar refractivity (Wildman–Crippen MR) is 43.3 cm³/mol. The van der Waals surface area contributed by atoms with Gasteiger partial charge >= 0.3 is 0 Å². The summed E-state index contributed by atoms with van der Waals surface area (Å²) in [5, 5.41) is 9.43. The highest BCUT2D eigenvalue weighted by Crippen LogP contribution is 2.10. The van der Waals surface area contributed by atoms with Crippen molar-refractivity contribution < 1.29 is 14.6 Å². The third-order valence-electron chi connectivity index (χ3n) is 1.49. The van der Waals surface area contributed by atoms with E-state index in [2.05, 4.69) is 0 Å². The molecule has 3 nitrogen and oxygen atoms in total. The van der Waals surface area contributed by atoms with Crippen molar-refractivity contribution in [3.05, 3.63) is 0 Å². The van der Waals surface area contributed by atoms with E-state index < -0.39 is 12.4 Å². The van der Waals surface area contributed by atoms with Gasteiger partial charge in [-0.2, -0.15) is 0 Å². The first-order valence-electron chi connectivity index (χ1n) is 3.85. The van der Waals surface area contributed by atoms with E-state index >= 15 is 0 Å². The second kappa shape index (κ2) is 5.52. The second-order valence-electron chi connectivity index (χ2n) is 3.04. The molecule has 0 amide bonds. The van der Waals surface area contributed by atoms with Crippen molar-refractivity contribution in [2.24, 2.45) is 5.92 Å². The molecule has 0 bridgehead atoms. The minimum atomic E-state index is -0.523. The summed E-state index contributed by atoms with van der Waals surface area (Å²) in [6, 6.07) is 0. The lowest BCUT2D eigenvalue weighted by Crippen LogP contribution is -2.30. The number of ether oxygens (including phenoxy) is 2. The maximum Gasteiger partial charge on any atom is 0.182 e. The van der Waals surface area contributed by atoms with Crippen molar-refractivity contribution in [3.63, 3.8) is 0 Å². The van der Waals surface area contributed by atoms with E-state index in [1.165, 1.54) is 14.2 Å². The van der Waals surface area contributed by atoms with Crippen LogP contribution in [0.2, 0.25) is 0 Å². The van der Waals surface area contributed by atoms with Crippen LogP contribution in [0.15, 0.2) is 0 Å². The molecule has 0 spiro atoms. The van der Waals surface area contributed by atoms with Crippen LogP contribution < -0.4 is 0 Å². The molecule has 0 aromatic carbocycles. The molecule has 1 N–H and O–H groups in total. The number of aliphatic hydroxyl groups is 1. The zero-order valence-electron chi connectivity index (χ0n) is 7.70. The van der Waals surface area contributed by atoms with Crippen molar-refractivity contribution in [1.29, 1.82) is 0 Å². The van der Waals surface area contributed by atoms with Gasteiger partial charge in [-0.05, 0) is 12.3 Å². The van der Waals surface area contributed by atoms with Gasteiger partial charge in [0.25, 0.3) is 0 Å². The van der Waals surface area contributed by atoms with Gasteiger partial charge in [-0.15, -0.1) is 0 Å². The Morgan fingerprint density at radius 3 is 1.91 bits per heavy atom. The lowest BCUT2D eigenvalue weighted by Gasteiger charge is -2.21. The van der Waals surface area contributed by atoms with Gasteiger partial charge in [0.15, 0.2) is 6.29 Å². The Bertz CT molecular complexity index is 89.3. The Kier molecular flexibility index (Phi) is 5.46. The molecule has 0 aromatic rings. The first kappa shape index (κ1) is 10.9. The topological polar surface area (TPSA) is 38.7 Å². The van der Waals surface area contributed by atoms with Crippen LogP contribution in [0.1, 0.15) is 20.3 Å². The summed E-state index contributed by atoms with van der Waals surface area (Å²) in [7, 11) is 3.05. The van der Waals surface area contributed by atoms with Gasteiger partial charge in [-0.25, -0.2) is 0 Å². The summed E-state index contributed by atoms with van der Waals surface area (Å²) in [6.45, 7) is 4.09. The zero-order valence-corrected chi connectivity index (χ0v) is 7.70. The van der Waals surface area contributed by atoms with Crippen molar-refractivity contribution >= 4 is 0 Å². The van der Waals surface area contributed by atoms with Crippen molar-refractivity contribution in [1.82, 2.24) is 0 Å². The smallest absolute Gasteiger partial charge is 0.182 e. The molecule has 0 aromatic heterocycles. The fourth-order valence-electron chi connectivity index (χ4n) is 1.00. The van der Waals surface area contributed by atoms with E-state index in [0.717, 1.165) is 0 Å². The van der Waals surface area contributed by atoms with Gasteiger partial charge in [-0.3, -0.25) is 0 Å². The maximum atomic E-state index is 9.43. The molecule has 0 saturated carbocycles.